The van der Waals surface area contributed by atoms with Gasteiger partial charge in [-0.1, -0.05) is 30.3 Å². The highest BCUT2D eigenvalue weighted by molar-refractivity contribution is 7.92. The Kier molecular flexibility index (Phi) is 6.68. The minimum absolute atomic E-state index is 0.136. The van der Waals surface area contributed by atoms with Crippen molar-refractivity contribution >= 4 is 43.1 Å². The Hall–Kier alpha value is -3.45. The SMILES string of the molecule is N#Cc1ccc(S(=O)(=O)Nc2ccccc2CCN2CCN(c3nsc4ccccc34)CC2)cc1. The van der Waals surface area contributed by atoms with Crippen molar-refractivity contribution < 1.29 is 8.42 Å². The molecule has 35 heavy (non-hydrogen) atoms. The molecule has 0 bridgehead atoms. The largest absolute Gasteiger partial charge is 0.353 e. The lowest BCUT2D eigenvalue weighted by Crippen LogP contribution is -2.47. The molecule has 1 aromatic heterocycles. The van der Waals surface area contributed by atoms with Crippen LogP contribution in [-0.4, -0.2) is 50.4 Å². The standard InChI is InChI=1S/C26H25N5O2S2/c27-19-20-9-11-22(12-10-20)35(32,33)29-24-7-3-1-5-21(24)13-14-30-15-17-31(18-16-30)26-23-6-2-4-8-25(23)34-28-26/h1-12,29H,13-18H2. The van der Waals surface area contributed by atoms with E-state index in [0.717, 1.165) is 50.5 Å². The van der Waals surface area contributed by atoms with Gasteiger partial charge in [-0.3, -0.25) is 9.62 Å². The summed E-state index contributed by atoms with van der Waals surface area (Å²) in [5, 5.41) is 10.2. The van der Waals surface area contributed by atoms with Gasteiger partial charge in [-0.15, -0.1) is 0 Å². The Bertz CT molecular complexity index is 1470. The van der Waals surface area contributed by atoms with Crippen LogP contribution in [0.15, 0.2) is 77.7 Å². The second-order valence-corrected chi connectivity index (χ2v) is 11.0. The summed E-state index contributed by atoms with van der Waals surface area (Å²) in [4.78, 5) is 4.91. The third kappa shape index (κ3) is 5.15. The summed E-state index contributed by atoms with van der Waals surface area (Å²) in [6, 6.07) is 23.8. The highest BCUT2D eigenvalue weighted by Gasteiger charge is 2.21. The number of fused-ring (bicyclic) bond motifs is 1. The monoisotopic (exact) mass is 503 g/mol. The van der Waals surface area contributed by atoms with Gasteiger partial charge in [-0.25, -0.2) is 8.42 Å². The Morgan fingerprint density at radius 1 is 0.943 bits per heavy atom. The number of nitriles is 1. The maximum absolute atomic E-state index is 12.9. The molecule has 9 heteroatoms. The third-order valence-electron chi connectivity index (χ3n) is 6.28. The van der Waals surface area contributed by atoms with E-state index < -0.39 is 10.0 Å². The number of sulfonamides is 1. The van der Waals surface area contributed by atoms with Crippen LogP contribution in [-0.2, 0) is 16.4 Å². The van der Waals surface area contributed by atoms with E-state index in [1.807, 2.05) is 30.3 Å². The molecule has 1 fully saturated rings. The van der Waals surface area contributed by atoms with Crippen LogP contribution in [0.1, 0.15) is 11.1 Å². The van der Waals surface area contributed by atoms with Gasteiger partial charge in [0.05, 0.1) is 26.9 Å². The van der Waals surface area contributed by atoms with E-state index in [1.165, 1.54) is 34.4 Å². The van der Waals surface area contributed by atoms with Gasteiger partial charge in [0.15, 0.2) is 0 Å². The molecule has 1 aliphatic rings. The van der Waals surface area contributed by atoms with E-state index >= 15 is 0 Å². The number of piperazine rings is 1. The maximum Gasteiger partial charge on any atom is 0.261 e. The molecule has 1 aliphatic heterocycles. The minimum atomic E-state index is -3.74. The number of rotatable bonds is 7. The summed E-state index contributed by atoms with van der Waals surface area (Å²) in [5.74, 6) is 1.08. The summed E-state index contributed by atoms with van der Waals surface area (Å²) < 4.78 is 34.4. The van der Waals surface area contributed by atoms with Crippen LogP contribution in [0.3, 0.4) is 0 Å². The van der Waals surface area contributed by atoms with E-state index in [2.05, 4.69) is 37.1 Å². The molecule has 0 unspecified atom stereocenters. The van der Waals surface area contributed by atoms with Crippen molar-refractivity contribution in [1.82, 2.24) is 9.27 Å². The zero-order chi connectivity index (χ0) is 24.3. The molecule has 5 rings (SSSR count). The summed E-state index contributed by atoms with van der Waals surface area (Å²) in [7, 11) is -3.74. The number of benzene rings is 3. The Morgan fingerprint density at radius 2 is 1.66 bits per heavy atom. The van der Waals surface area contributed by atoms with E-state index in [1.54, 1.807) is 17.6 Å². The summed E-state index contributed by atoms with van der Waals surface area (Å²) in [5.41, 5.74) is 1.97. The van der Waals surface area contributed by atoms with Crippen LogP contribution >= 0.6 is 11.5 Å². The van der Waals surface area contributed by atoms with Crippen molar-refractivity contribution in [3.05, 3.63) is 83.9 Å². The molecule has 3 aromatic carbocycles. The summed E-state index contributed by atoms with van der Waals surface area (Å²) in [6.07, 6.45) is 0.742. The van der Waals surface area contributed by atoms with Crippen LogP contribution in [0.5, 0.6) is 0 Å². The molecule has 0 aliphatic carbocycles. The predicted octanol–water partition coefficient (Wildman–Crippen LogP) is 4.33. The first-order chi connectivity index (χ1) is 17.0. The van der Waals surface area contributed by atoms with Crippen LogP contribution in [0.2, 0.25) is 0 Å². The van der Waals surface area contributed by atoms with Gasteiger partial charge in [0.25, 0.3) is 10.0 Å². The zero-order valence-corrected chi connectivity index (χ0v) is 20.7. The van der Waals surface area contributed by atoms with E-state index in [4.69, 9.17) is 5.26 Å². The average molecular weight is 504 g/mol. The number of anilines is 2. The molecule has 2 heterocycles. The highest BCUT2D eigenvalue weighted by Crippen LogP contribution is 2.30. The Morgan fingerprint density at radius 3 is 2.43 bits per heavy atom. The van der Waals surface area contributed by atoms with Gasteiger partial charge in [-0.05, 0) is 66.0 Å². The molecule has 1 saturated heterocycles. The van der Waals surface area contributed by atoms with Gasteiger partial charge in [0.1, 0.15) is 5.82 Å². The minimum Gasteiger partial charge on any atom is -0.353 e. The van der Waals surface area contributed by atoms with Crippen molar-refractivity contribution in [2.24, 2.45) is 0 Å². The van der Waals surface area contributed by atoms with Crippen LogP contribution in [0.25, 0.3) is 10.1 Å². The second-order valence-electron chi connectivity index (χ2n) is 8.48. The number of nitrogens with one attached hydrogen (secondary N) is 1. The number of hydrogen-bond acceptors (Lipinski definition) is 7. The lowest BCUT2D eigenvalue weighted by Gasteiger charge is -2.35. The van der Waals surface area contributed by atoms with E-state index in [9.17, 15) is 8.42 Å². The molecule has 1 N–H and O–H groups in total. The van der Waals surface area contributed by atoms with Gasteiger partial charge in [0, 0.05) is 38.1 Å². The number of hydrogen-bond donors (Lipinski definition) is 1. The lowest BCUT2D eigenvalue weighted by atomic mass is 10.1. The van der Waals surface area contributed by atoms with Crippen LogP contribution in [0.4, 0.5) is 11.5 Å². The fourth-order valence-electron chi connectivity index (χ4n) is 4.31. The number of nitrogens with zero attached hydrogens (tertiary/aromatic N) is 4. The molecule has 0 saturated carbocycles. The number of aromatic nitrogens is 1. The predicted molar refractivity (Wildman–Crippen MR) is 140 cm³/mol. The normalized spacial score (nSPS) is 14.7. The Labute approximate surface area is 209 Å². The van der Waals surface area contributed by atoms with Gasteiger partial charge < -0.3 is 4.90 Å². The zero-order valence-electron chi connectivity index (χ0n) is 19.1. The maximum atomic E-state index is 12.9. The molecular formula is C26H25N5O2S2. The van der Waals surface area contributed by atoms with E-state index in [0.29, 0.717) is 11.3 Å². The molecule has 178 valence electrons. The van der Waals surface area contributed by atoms with Crippen LogP contribution in [0, 0.1) is 11.3 Å². The van der Waals surface area contributed by atoms with Crippen molar-refractivity contribution in [2.75, 3.05) is 42.3 Å². The molecular weight excluding hydrogens is 478 g/mol. The lowest BCUT2D eigenvalue weighted by molar-refractivity contribution is 0.261. The molecule has 4 aromatic rings. The second kappa shape index (κ2) is 10.0. The van der Waals surface area contributed by atoms with Gasteiger partial charge in [-0.2, -0.15) is 9.64 Å². The first kappa shape index (κ1) is 23.3. The molecule has 0 atom stereocenters. The van der Waals surface area contributed by atoms with Crippen molar-refractivity contribution in [2.45, 2.75) is 11.3 Å². The molecule has 0 spiro atoms. The molecule has 0 amide bonds. The first-order valence-corrected chi connectivity index (χ1v) is 13.7. The third-order valence-corrected chi connectivity index (χ3v) is 8.48. The van der Waals surface area contributed by atoms with E-state index in [-0.39, 0.29) is 4.90 Å². The first-order valence-electron chi connectivity index (χ1n) is 11.5. The van der Waals surface area contributed by atoms with Crippen LogP contribution < -0.4 is 9.62 Å². The van der Waals surface area contributed by atoms with Crippen molar-refractivity contribution in [1.29, 1.82) is 5.26 Å². The summed E-state index contributed by atoms with van der Waals surface area (Å²) in [6.45, 7) is 4.55. The average Bonchev–Trinajstić information content (AvgIpc) is 3.33. The fraction of sp³-hybridized carbons (Fsp3) is 0.231. The number of para-hydroxylation sites is 1. The topological polar surface area (TPSA) is 89.3 Å². The highest BCUT2D eigenvalue weighted by atomic mass is 32.2. The van der Waals surface area contributed by atoms with Crippen molar-refractivity contribution in [3.63, 3.8) is 0 Å². The van der Waals surface area contributed by atoms with Gasteiger partial charge in [0.2, 0.25) is 0 Å². The van der Waals surface area contributed by atoms with Gasteiger partial charge >= 0.3 is 0 Å². The smallest absolute Gasteiger partial charge is 0.261 e. The Balaban J connectivity index is 1.21. The summed E-state index contributed by atoms with van der Waals surface area (Å²) >= 11 is 1.55. The molecule has 0 radical (unpaired) electrons. The quantitative estimate of drug-likeness (QED) is 0.404. The fourth-order valence-corrected chi connectivity index (χ4v) is 6.21. The van der Waals surface area contributed by atoms with Crippen molar-refractivity contribution in [3.8, 4) is 6.07 Å². The molecule has 7 nitrogen and oxygen atoms in total.